The zero-order chi connectivity index (χ0) is 13.8. The van der Waals surface area contributed by atoms with Crippen LogP contribution in [-0.2, 0) is 6.54 Å². The van der Waals surface area contributed by atoms with Gasteiger partial charge in [0.25, 0.3) is 0 Å². The van der Waals surface area contributed by atoms with E-state index in [0.29, 0.717) is 12.2 Å². The van der Waals surface area contributed by atoms with E-state index in [2.05, 4.69) is 5.32 Å². The Morgan fingerprint density at radius 1 is 1.16 bits per heavy atom. The third kappa shape index (κ3) is 3.29. The standard InChI is InChI=1S/C15H12F2N2/c1-10-4-13(16)7-14(5-10)19-9-11-2-3-15(17)12(6-11)8-18/h2-7,19H,9H2,1H3. The molecule has 0 saturated heterocycles. The monoisotopic (exact) mass is 258 g/mol. The Balaban J connectivity index is 2.12. The van der Waals surface area contributed by atoms with Gasteiger partial charge >= 0.3 is 0 Å². The van der Waals surface area contributed by atoms with Gasteiger partial charge < -0.3 is 5.32 Å². The molecule has 0 spiro atoms. The molecule has 0 aliphatic heterocycles. The Labute approximate surface area is 110 Å². The van der Waals surface area contributed by atoms with E-state index >= 15 is 0 Å². The molecule has 0 radical (unpaired) electrons. The van der Waals surface area contributed by atoms with Crippen LogP contribution in [0.2, 0.25) is 0 Å². The summed E-state index contributed by atoms with van der Waals surface area (Å²) in [6, 6.07) is 10.8. The highest BCUT2D eigenvalue weighted by Gasteiger charge is 2.03. The van der Waals surface area contributed by atoms with Crippen LogP contribution in [0.1, 0.15) is 16.7 Å². The van der Waals surface area contributed by atoms with Crippen LogP contribution < -0.4 is 5.32 Å². The summed E-state index contributed by atoms with van der Waals surface area (Å²) in [5.41, 5.74) is 2.24. The number of benzene rings is 2. The van der Waals surface area contributed by atoms with Crippen molar-refractivity contribution in [3.8, 4) is 6.07 Å². The van der Waals surface area contributed by atoms with Crippen molar-refractivity contribution in [3.63, 3.8) is 0 Å². The maximum Gasteiger partial charge on any atom is 0.140 e. The van der Waals surface area contributed by atoms with E-state index in [4.69, 9.17) is 5.26 Å². The number of nitrogens with zero attached hydrogens (tertiary/aromatic N) is 1. The van der Waals surface area contributed by atoms with E-state index in [-0.39, 0.29) is 11.4 Å². The molecule has 4 heteroatoms. The molecule has 2 aromatic rings. The molecule has 2 nitrogen and oxygen atoms in total. The molecule has 0 fully saturated rings. The van der Waals surface area contributed by atoms with Crippen LogP contribution in [0.25, 0.3) is 0 Å². The zero-order valence-electron chi connectivity index (χ0n) is 10.4. The summed E-state index contributed by atoms with van der Waals surface area (Å²) in [6.45, 7) is 2.21. The number of nitrogens with one attached hydrogen (secondary N) is 1. The van der Waals surface area contributed by atoms with E-state index < -0.39 is 5.82 Å². The Bertz CT molecular complexity index is 625. The number of rotatable bonds is 3. The molecule has 0 unspecified atom stereocenters. The molecule has 0 bridgehead atoms. The number of halogens is 2. The van der Waals surface area contributed by atoms with Gasteiger partial charge in [0, 0.05) is 12.2 Å². The van der Waals surface area contributed by atoms with Crippen molar-refractivity contribution in [2.45, 2.75) is 13.5 Å². The highest BCUT2D eigenvalue weighted by Crippen LogP contribution is 2.15. The van der Waals surface area contributed by atoms with Crippen molar-refractivity contribution in [3.05, 3.63) is 64.7 Å². The predicted molar refractivity (Wildman–Crippen MR) is 69.6 cm³/mol. The molecular formula is C15H12F2N2. The lowest BCUT2D eigenvalue weighted by Gasteiger charge is -2.08. The minimum atomic E-state index is -0.534. The van der Waals surface area contributed by atoms with Crippen molar-refractivity contribution < 1.29 is 8.78 Å². The van der Waals surface area contributed by atoms with E-state index in [9.17, 15) is 8.78 Å². The second-order valence-corrected chi connectivity index (χ2v) is 4.30. The summed E-state index contributed by atoms with van der Waals surface area (Å²) in [7, 11) is 0. The zero-order valence-corrected chi connectivity index (χ0v) is 10.4. The van der Waals surface area contributed by atoms with E-state index in [1.165, 1.54) is 24.3 Å². The maximum atomic E-state index is 13.2. The smallest absolute Gasteiger partial charge is 0.140 e. The highest BCUT2D eigenvalue weighted by atomic mass is 19.1. The second kappa shape index (κ2) is 5.49. The van der Waals surface area contributed by atoms with Crippen molar-refractivity contribution in [2.24, 2.45) is 0 Å². The average Bonchev–Trinajstić information content (AvgIpc) is 2.36. The molecule has 96 valence electrons. The first-order chi connectivity index (χ1) is 9.08. The van der Waals surface area contributed by atoms with Gasteiger partial charge in [-0.15, -0.1) is 0 Å². The van der Waals surface area contributed by atoms with Gasteiger partial charge in [0.05, 0.1) is 5.56 Å². The highest BCUT2D eigenvalue weighted by molar-refractivity contribution is 5.47. The first kappa shape index (κ1) is 13.0. The summed E-state index contributed by atoms with van der Waals surface area (Å²) in [5.74, 6) is -0.841. The third-order valence-electron chi connectivity index (χ3n) is 2.69. The van der Waals surface area contributed by atoms with Gasteiger partial charge in [-0.05, 0) is 48.4 Å². The summed E-state index contributed by atoms with van der Waals surface area (Å²) < 4.78 is 26.3. The van der Waals surface area contributed by atoms with Gasteiger partial charge in [-0.25, -0.2) is 8.78 Å². The lowest BCUT2D eigenvalue weighted by Crippen LogP contribution is -2.01. The average molecular weight is 258 g/mol. The Kier molecular flexibility index (Phi) is 3.76. The fraction of sp³-hybridized carbons (Fsp3) is 0.133. The van der Waals surface area contributed by atoms with Crippen LogP contribution in [0.5, 0.6) is 0 Å². The summed E-state index contributed by atoms with van der Waals surface area (Å²) >= 11 is 0. The summed E-state index contributed by atoms with van der Waals surface area (Å²) in [5, 5.41) is 11.8. The normalized spacial score (nSPS) is 10.0. The molecule has 2 aromatic carbocycles. The largest absolute Gasteiger partial charge is 0.381 e. The Morgan fingerprint density at radius 2 is 1.95 bits per heavy atom. The molecule has 2 rings (SSSR count). The Morgan fingerprint density at radius 3 is 2.63 bits per heavy atom. The van der Waals surface area contributed by atoms with E-state index in [1.54, 1.807) is 19.1 Å². The van der Waals surface area contributed by atoms with Gasteiger partial charge in [0.2, 0.25) is 0 Å². The first-order valence-electron chi connectivity index (χ1n) is 5.78. The molecule has 0 atom stereocenters. The van der Waals surface area contributed by atoms with Crippen molar-refractivity contribution >= 4 is 5.69 Å². The second-order valence-electron chi connectivity index (χ2n) is 4.30. The molecule has 1 N–H and O–H groups in total. The first-order valence-corrected chi connectivity index (χ1v) is 5.78. The quantitative estimate of drug-likeness (QED) is 0.909. The van der Waals surface area contributed by atoms with Crippen molar-refractivity contribution in [1.29, 1.82) is 5.26 Å². The third-order valence-corrected chi connectivity index (χ3v) is 2.69. The molecule has 0 saturated carbocycles. The number of nitriles is 1. The van der Waals surface area contributed by atoms with E-state index in [1.807, 2.05) is 6.07 Å². The molecule has 0 aliphatic rings. The van der Waals surface area contributed by atoms with Gasteiger partial charge in [-0.3, -0.25) is 0 Å². The molecule has 0 aromatic heterocycles. The predicted octanol–water partition coefficient (Wildman–Crippen LogP) is 3.76. The molecule has 19 heavy (non-hydrogen) atoms. The van der Waals surface area contributed by atoms with Crippen LogP contribution in [-0.4, -0.2) is 0 Å². The molecular weight excluding hydrogens is 246 g/mol. The molecule has 0 amide bonds. The van der Waals surface area contributed by atoms with Gasteiger partial charge in [0.1, 0.15) is 17.7 Å². The van der Waals surface area contributed by atoms with Crippen molar-refractivity contribution in [1.82, 2.24) is 0 Å². The van der Waals surface area contributed by atoms with Gasteiger partial charge in [0.15, 0.2) is 0 Å². The lowest BCUT2D eigenvalue weighted by atomic mass is 10.1. The maximum absolute atomic E-state index is 13.2. The van der Waals surface area contributed by atoms with Crippen LogP contribution in [0.15, 0.2) is 36.4 Å². The number of anilines is 1. The number of hydrogen-bond acceptors (Lipinski definition) is 2. The fourth-order valence-corrected chi connectivity index (χ4v) is 1.81. The summed E-state index contributed by atoms with van der Waals surface area (Å²) in [6.07, 6.45) is 0. The van der Waals surface area contributed by atoms with E-state index in [0.717, 1.165) is 11.1 Å². The van der Waals surface area contributed by atoms with Crippen LogP contribution >= 0.6 is 0 Å². The van der Waals surface area contributed by atoms with Gasteiger partial charge in [-0.2, -0.15) is 5.26 Å². The summed E-state index contributed by atoms with van der Waals surface area (Å²) in [4.78, 5) is 0. The molecule has 0 aliphatic carbocycles. The topological polar surface area (TPSA) is 35.8 Å². The number of hydrogen-bond donors (Lipinski definition) is 1. The van der Waals surface area contributed by atoms with Crippen LogP contribution in [0, 0.1) is 29.9 Å². The minimum Gasteiger partial charge on any atom is -0.381 e. The van der Waals surface area contributed by atoms with Crippen LogP contribution in [0.4, 0.5) is 14.5 Å². The minimum absolute atomic E-state index is 0.00900. The molecule has 0 heterocycles. The number of aryl methyl sites for hydroxylation is 1. The van der Waals surface area contributed by atoms with Crippen molar-refractivity contribution in [2.75, 3.05) is 5.32 Å². The lowest BCUT2D eigenvalue weighted by molar-refractivity contribution is 0.623. The van der Waals surface area contributed by atoms with Crippen LogP contribution in [0.3, 0.4) is 0 Å². The fourth-order valence-electron chi connectivity index (χ4n) is 1.81. The van der Waals surface area contributed by atoms with Gasteiger partial charge in [-0.1, -0.05) is 6.07 Å². The SMILES string of the molecule is Cc1cc(F)cc(NCc2ccc(F)c(C#N)c2)c1. The Hall–Kier alpha value is -2.41.